The number of halogens is 3. The number of nitrogens with one attached hydrogen (secondary N) is 1. The van der Waals surface area contributed by atoms with Crippen LogP contribution in [0.3, 0.4) is 0 Å². The molecule has 0 atom stereocenters. The highest BCUT2D eigenvalue weighted by Crippen LogP contribution is 2.24. The first kappa shape index (κ1) is 14.2. The number of alkyl halides is 2. The highest BCUT2D eigenvalue weighted by Gasteiger charge is 2.10. The van der Waals surface area contributed by atoms with Crippen molar-refractivity contribution in [2.45, 2.75) is 19.7 Å². The first-order valence-corrected chi connectivity index (χ1v) is 6.92. The van der Waals surface area contributed by atoms with Crippen LogP contribution < -0.4 is 10.1 Å². The van der Waals surface area contributed by atoms with Gasteiger partial charge in [0.15, 0.2) is 0 Å². The van der Waals surface area contributed by atoms with Gasteiger partial charge in [-0.25, -0.2) is 0 Å². The first-order valence-electron chi connectivity index (χ1n) is 5.60. The Bertz CT molecular complexity index is 519. The molecule has 6 heteroatoms. The van der Waals surface area contributed by atoms with Gasteiger partial charge in [-0.05, 0) is 40.6 Å². The summed E-state index contributed by atoms with van der Waals surface area (Å²) in [5.74, 6) is 0.150. The van der Waals surface area contributed by atoms with Crippen molar-refractivity contribution in [2.24, 2.45) is 0 Å². The fourth-order valence-electron chi connectivity index (χ4n) is 1.63. The van der Waals surface area contributed by atoms with Crippen LogP contribution in [0.1, 0.15) is 11.1 Å². The normalized spacial score (nSPS) is 10.9. The molecular formula is C13H12ClF2NOS. The standard InChI is InChI=1S/C13H12ClF2NOS/c14-11-1-2-12(18-13(15)16)10(5-11)7-17-6-9-3-4-19-8-9/h1-5,8,13,17H,6-7H2. The topological polar surface area (TPSA) is 21.3 Å². The van der Waals surface area contributed by atoms with Crippen LogP contribution in [0.25, 0.3) is 0 Å². The molecule has 0 bridgehead atoms. The number of hydrogen-bond donors (Lipinski definition) is 1. The summed E-state index contributed by atoms with van der Waals surface area (Å²) in [5, 5.41) is 7.68. The van der Waals surface area contributed by atoms with Crippen LogP contribution in [0.5, 0.6) is 5.75 Å². The summed E-state index contributed by atoms with van der Waals surface area (Å²) in [4.78, 5) is 0. The Balaban J connectivity index is 1.99. The molecule has 0 aliphatic rings. The van der Waals surface area contributed by atoms with Gasteiger partial charge in [-0.15, -0.1) is 0 Å². The summed E-state index contributed by atoms with van der Waals surface area (Å²) in [6.07, 6.45) is 0. The lowest BCUT2D eigenvalue weighted by atomic mass is 10.2. The third kappa shape index (κ3) is 4.45. The zero-order valence-corrected chi connectivity index (χ0v) is 11.5. The molecule has 0 aliphatic carbocycles. The highest BCUT2D eigenvalue weighted by atomic mass is 35.5. The molecule has 0 aliphatic heterocycles. The molecule has 2 nitrogen and oxygen atoms in total. The summed E-state index contributed by atoms with van der Waals surface area (Å²) in [5.41, 5.74) is 1.77. The van der Waals surface area contributed by atoms with Gasteiger partial charge in [0.05, 0.1) is 0 Å². The smallest absolute Gasteiger partial charge is 0.387 e. The lowest BCUT2D eigenvalue weighted by Crippen LogP contribution is -2.14. The van der Waals surface area contributed by atoms with Crippen molar-refractivity contribution < 1.29 is 13.5 Å². The Hall–Kier alpha value is -1.17. The van der Waals surface area contributed by atoms with E-state index in [-0.39, 0.29) is 5.75 Å². The van der Waals surface area contributed by atoms with Crippen LogP contribution in [0.2, 0.25) is 5.02 Å². The first-order chi connectivity index (χ1) is 9.15. The van der Waals surface area contributed by atoms with E-state index in [4.69, 9.17) is 11.6 Å². The molecule has 0 unspecified atom stereocenters. The van der Waals surface area contributed by atoms with E-state index in [9.17, 15) is 8.78 Å². The van der Waals surface area contributed by atoms with Gasteiger partial charge in [-0.2, -0.15) is 20.1 Å². The second-order valence-corrected chi connectivity index (χ2v) is 5.08. The van der Waals surface area contributed by atoms with Crippen molar-refractivity contribution >= 4 is 22.9 Å². The van der Waals surface area contributed by atoms with E-state index in [0.717, 1.165) is 5.56 Å². The van der Waals surface area contributed by atoms with Gasteiger partial charge in [0.2, 0.25) is 0 Å². The maximum Gasteiger partial charge on any atom is 0.387 e. The Morgan fingerprint density at radius 3 is 2.79 bits per heavy atom. The van der Waals surface area contributed by atoms with E-state index in [1.54, 1.807) is 17.4 Å². The third-order valence-electron chi connectivity index (χ3n) is 2.46. The summed E-state index contributed by atoms with van der Waals surface area (Å²) in [6, 6.07) is 6.61. The molecule has 1 heterocycles. The van der Waals surface area contributed by atoms with Crippen molar-refractivity contribution in [2.75, 3.05) is 0 Å². The Labute approximate surface area is 119 Å². The summed E-state index contributed by atoms with van der Waals surface area (Å²) in [7, 11) is 0. The zero-order valence-electron chi connectivity index (χ0n) is 9.91. The van der Waals surface area contributed by atoms with Gasteiger partial charge in [0.25, 0.3) is 0 Å². The summed E-state index contributed by atoms with van der Waals surface area (Å²) in [6.45, 7) is -1.75. The highest BCUT2D eigenvalue weighted by molar-refractivity contribution is 7.07. The molecule has 0 saturated carbocycles. The SMILES string of the molecule is FC(F)Oc1ccc(Cl)cc1CNCc1ccsc1. The van der Waals surface area contributed by atoms with Gasteiger partial charge < -0.3 is 10.1 Å². The molecule has 102 valence electrons. The monoisotopic (exact) mass is 303 g/mol. The average Bonchev–Trinajstić information content (AvgIpc) is 2.85. The number of hydrogen-bond acceptors (Lipinski definition) is 3. The number of rotatable bonds is 6. The van der Waals surface area contributed by atoms with Gasteiger partial charge in [-0.3, -0.25) is 0 Å². The van der Waals surface area contributed by atoms with Crippen LogP contribution in [0.15, 0.2) is 35.0 Å². The fraction of sp³-hybridized carbons (Fsp3) is 0.231. The third-order valence-corrected chi connectivity index (χ3v) is 3.43. The zero-order chi connectivity index (χ0) is 13.7. The minimum Gasteiger partial charge on any atom is -0.434 e. The molecule has 19 heavy (non-hydrogen) atoms. The van der Waals surface area contributed by atoms with Crippen molar-refractivity contribution in [3.05, 3.63) is 51.2 Å². The van der Waals surface area contributed by atoms with E-state index >= 15 is 0 Å². The van der Waals surface area contributed by atoms with Crippen molar-refractivity contribution in [3.63, 3.8) is 0 Å². The Morgan fingerprint density at radius 1 is 1.26 bits per heavy atom. The molecule has 1 aromatic heterocycles. The van der Waals surface area contributed by atoms with Crippen molar-refractivity contribution in [1.29, 1.82) is 0 Å². The largest absolute Gasteiger partial charge is 0.434 e. The minimum atomic E-state index is -2.84. The number of ether oxygens (including phenoxy) is 1. The van der Waals surface area contributed by atoms with Crippen molar-refractivity contribution in [1.82, 2.24) is 5.32 Å². The molecule has 0 radical (unpaired) electrons. The summed E-state index contributed by atoms with van der Waals surface area (Å²) < 4.78 is 29.0. The van der Waals surface area contributed by atoms with Gasteiger partial charge in [0.1, 0.15) is 5.75 Å². The molecule has 0 spiro atoms. The number of benzene rings is 1. The molecule has 2 rings (SSSR count). The van der Waals surface area contributed by atoms with Crippen LogP contribution in [0, 0.1) is 0 Å². The molecule has 1 N–H and O–H groups in total. The summed E-state index contributed by atoms with van der Waals surface area (Å²) >= 11 is 7.48. The second-order valence-electron chi connectivity index (χ2n) is 3.87. The number of thiophene rings is 1. The molecule has 1 aromatic carbocycles. The van der Waals surface area contributed by atoms with Gasteiger partial charge >= 0.3 is 6.61 Å². The van der Waals surface area contributed by atoms with Crippen LogP contribution in [0.4, 0.5) is 8.78 Å². The maximum atomic E-state index is 12.3. The molecule has 2 aromatic rings. The van der Waals surface area contributed by atoms with E-state index in [1.165, 1.54) is 12.1 Å². The van der Waals surface area contributed by atoms with Gasteiger partial charge in [0, 0.05) is 23.7 Å². The minimum absolute atomic E-state index is 0.150. The van der Waals surface area contributed by atoms with E-state index in [0.29, 0.717) is 23.7 Å². The lowest BCUT2D eigenvalue weighted by molar-refractivity contribution is -0.0505. The predicted octanol–water partition coefficient (Wildman–Crippen LogP) is 4.29. The molecule has 0 amide bonds. The maximum absolute atomic E-state index is 12.3. The lowest BCUT2D eigenvalue weighted by Gasteiger charge is -2.11. The van der Waals surface area contributed by atoms with E-state index in [1.807, 2.05) is 16.8 Å². The average molecular weight is 304 g/mol. The molecular weight excluding hydrogens is 292 g/mol. The Morgan fingerprint density at radius 2 is 2.11 bits per heavy atom. The van der Waals surface area contributed by atoms with Crippen LogP contribution >= 0.6 is 22.9 Å². The molecule has 0 saturated heterocycles. The van der Waals surface area contributed by atoms with E-state index in [2.05, 4.69) is 10.1 Å². The Kier molecular flexibility index (Phi) is 5.13. The van der Waals surface area contributed by atoms with Crippen molar-refractivity contribution in [3.8, 4) is 5.75 Å². The predicted molar refractivity (Wildman–Crippen MR) is 72.9 cm³/mol. The molecule has 0 fully saturated rings. The van der Waals surface area contributed by atoms with Gasteiger partial charge in [-0.1, -0.05) is 11.6 Å². The van der Waals surface area contributed by atoms with Crippen LogP contribution in [-0.2, 0) is 13.1 Å². The van der Waals surface area contributed by atoms with E-state index < -0.39 is 6.61 Å². The van der Waals surface area contributed by atoms with Crippen LogP contribution in [-0.4, -0.2) is 6.61 Å². The fourth-order valence-corrected chi connectivity index (χ4v) is 2.50. The second kappa shape index (κ2) is 6.84. The quantitative estimate of drug-likeness (QED) is 0.859.